The van der Waals surface area contributed by atoms with E-state index in [4.69, 9.17) is 0 Å². The Morgan fingerprint density at radius 2 is 1.80 bits per heavy atom. The van der Waals surface area contributed by atoms with Crippen molar-refractivity contribution in [1.29, 1.82) is 0 Å². The molecule has 2 amide bonds. The summed E-state index contributed by atoms with van der Waals surface area (Å²) in [5.41, 5.74) is -4.39. The van der Waals surface area contributed by atoms with Crippen LogP contribution in [0.1, 0.15) is 46.0 Å². The lowest BCUT2D eigenvalue weighted by Gasteiger charge is -2.36. The molecule has 1 atom stereocenters. The van der Waals surface area contributed by atoms with Crippen LogP contribution in [0.15, 0.2) is 11.3 Å². The number of methoxy groups -OCH3 is 1. The van der Waals surface area contributed by atoms with E-state index >= 15 is 0 Å². The zero-order chi connectivity index (χ0) is 19.0. The van der Waals surface area contributed by atoms with Gasteiger partial charge in [-0.1, -0.05) is 19.3 Å². The van der Waals surface area contributed by atoms with E-state index in [1.807, 2.05) is 0 Å². The fourth-order valence-corrected chi connectivity index (χ4v) is 3.73. The second-order valence-corrected chi connectivity index (χ2v) is 6.35. The van der Waals surface area contributed by atoms with Gasteiger partial charge >= 0.3 is 12.1 Å². The Hall–Kier alpha value is -2.06. The molecule has 0 saturated heterocycles. The van der Waals surface area contributed by atoms with Crippen molar-refractivity contribution in [1.82, 2.24) is 10.2 Å². The Balaban J connectivity index is 2.66. The summed E-state index contributed by atoms with van der Waals surface area (Å²) in [5, 5.41) is 1.70. The van der Waals surface area contributed by atoms with Gasteiger partial charge in [-0.25, -0.2) is 4.79 Å². The van der Waals surface area contributed by atoms with Crippen LogP contribution in [0.5, 0.6) is 0 Å². The Morgan fingerprint density at radius 1 is 1.24 bits per heavy atom. The molecule has 0 aromatic heterocycles. The van der Waals surface area contributed by atoms with E-state index in [-0.39, 0.29) is 5.70 Å². The number of hydrogen-bond donors (Lipinski definition) is 1. The number of ether oxygens (including phenoxy) is 1. The first kappa shape index (κ1) is 19.3. The molecule has 1 aliphatic carbocycles. The average Bonchev–Trinajstić information content (AvgIpc) is 2.75. The number of rotatable bonds is 3. The lowest BCUT2D eigenvalue weighted by molar-refractivity contribution is -0.196. The summed E-state index contributed by atoms with van der Waals surface area (Å²) in [6, 6.07) is -0.432. The number of halogens is 3. The lowest BCUT2D eigenvalue weighted by atomic mass is 9.88. The molecule has 1 aliphatic heterocycles. The third-order valence-corrected chi connectivity index (χ3v) is 4.76. The van der Waals surface area contributed by atoms with Gasteiger partial charge in [-0.05, 0) is 19.8 Å². The van der Waals surface area contributed by atoms with Gasteiger partial charge in [0.1, 0.15) is 5.57 Å². The molecule has 9 heteroatoms. The second-order valence-electron chi connectivity index (χ2n) is 6.35. The van der Waals surface area contributed by atoms with Gasteiger partial charge in [0.2, 0.25) is 11.4 Å². The minimum Gasteiger partial charge on any atom is -0.466 e. The van der Waals surface area contributed by atoms with Crippen LogP contribution in [0.3, 0.4) is 0 Å². The number of alkyl halides is 3. The molecule has 0 unspecified atom stereocenters. The number of nitrogens with one attached hydrogen (secondary N) is 1. The van der Waals surface area contributed by atoms with E-state index in [1.165, 1.54) is 6.92 Å². The van der Waals surface area contributed by atoms with Crippen LogP contribution in [-0.2, 0) is 19.1 Å². The van der Waals surface area contributed by atoms with Gasteiger partial charge in [0.05, 0.1) is 7.11 Å². The van der Waals surface area contributed by atoms with Crippen LogP contribution in [0.4, 0.5) is 13.2 Å². The fourth-order valence-electron chi connectivity index (χ4n) is 3.73. The maximum Gasteiger partial charge on any atom is 0.425 e. The predicted octanol–water partition coefficient (Wildman–Crippen LogP) is 2.05. The van der Waals surface area contributed by atoms with E-state index in [0.717, 1.165) is 38.2 Å². The monoisotopic (exact) mass is 362 g/mol. The minimum atomic E-state index is -5.19. The summed E-state index contributed by atoms with van der Waals surface area (Å²) >= 11 is 0. The minimum absolute atomic E-state index is 0.116. The van der Waals surface area contributed by atoms with Crippen molar-refractivity contribution >= 4 is 17.8 Å². The van der Waals surface area contributed by atoms with Crippen molar-refractivity contribution in [3.05, 3.63) is 11.3 Å². The maximum atomic E-state index is 14.0. The van der Waals surface area contributed by atoms with Crippen LogP contribution in [-0.4, -0.2) is 47.6 Å². The van der Waals surface area contributed by atoms with Gasteiger partial charge in [-0.15, -0.1) is 0 Å². The summed E-state index contributed by atoms with van der Waals surface area (Å²) in [6.45, 7) is 2.16. The van der Waals surface area contributed by atoms with Crippen LogP contribution >= 0.6 is 0 Å². The smallest absolute Gasteiger partial charge is 0.425 e. The topological polar surface area (TPSA) is 75.7 Å². The molecule has 0 bridgehead atoms. The highest BCUT2D eigenvalue weighted by Gasteiger charge is 2.71. The number of nitrogens with zero attached hydrogens (tertiary/aromatic N) is 1. The molecule has 2 rings (SSSR count). The maximum absolute atomic E-state index is 14.0. The molecule has 1 fully saturated rings. The molecule has 1 saturated carbocycles. The van der Waals surface area contributed by atoms with Crippen molar-refractivity contribution in [2.24, 2.45) is 0 Å². The van der Waals surface area contributed by atoms with Crippen molar-refractivity contribution in [2.45, 2.75) is 63.7 Å². The molecule has 0 aromatic rings. The molecule has 140 valence electrons. The van der Waals surface area contributed by atoms with E-state index in [2.05, 4.69) is 4.74 Å². The molecule has 2 aliphatic rings. The van der Waals surface area contributed by atoms with Gasteiger partial charge in [-0.2, -0.15) is 13.2 Å². The van der Waals surface area contributed by atoms with Gasteiger partial charge < -0.3 is 15.0 Å². The summed E-state index contributed by atoms with van der Waals surface area (Å²) in [5.74, 6) is -3.69. The standard InChI is InChI=1S/C16H21F3N2O4/c1-9-12(13(23)25-3)15(16(17,18)19,20-10(2)22)14(24)21(9)11-7-5-4-6-8-11/h11H,4-8H2,1-3H3,(H,20,22)/t15-/m0/s1. The number of amides is 2. The Labute approximate surface area is 143 Å². The van der Waals surface area contributed by atoms with Crippen molar-refractivity contribution in [3.63, 3.8) is 0 Å². The third-order valence-electron chi connectivity index (χ3n) is 4.76. The Morgan fingerprint density at radius 3 is 2.24 bits per heavy atom. The van der Waals surface area contributed by atoms with Crippen LogP contribution < -0.4 is 5.32 Å². The van der Waals surface area contributed by atoms with Crippen LogP contribution in [0, 0.1) is 0 Å². The van der Waals surface area contributed by atoms with E-state index in [1.54, 1.807) is 5.32 Å². The van der Waals surface area contributed by atoms with E-state index < -0.39 is 41.1 Å². The quantitative estimate of drug-likeness (QED) is 0.780. The first-order valence-corrected chi connectivity index (χ1v) is 8.06. The van der Waals surface area contributed by atoms with Crippen LogP contribution in [0.25, 0.3) is 0 Å². The van der Waals surface area contributed by atoms with Gasteiger partial charge in [0, 0.05) is 18.7 Å². The number of allylic oxidation sites excluding steroid dienone is 1. The first-order valence-electron chi connectivity index (χ1n) is 8.06. The highest BCUT2D eigenvalue weighted by molar-refractivity contribution is 6.10. The second kappa shape index (κ2) is 6.68. The van der Waals surface area contributed by atoms with Crippen LogP contribution in [0.2, 0.25) is 0 Å². The number of esters is 1. The van der Waals surface area contributed by atoms with E-state index in [9.17, 15) is 27.6 Å². The summed E-state index contributed by atoms with van der Waals surface area (Å²) < 4.78 is 46.4. The van der Waals surface area contributed by atoms with Gasteiger partial charge in [0.25, 0.3) is 5.91 Å². The van der Waals surface area contributed by atoms with Crippen molar-refractivity contribution < 1.29 is 32.3 Å². The molecule has 0 radical (unpaired) electrons. The molecule has 6 nitrogen and oxygen atoms in total. The zero-order valence-electron chi connectivity index (χ0n) is 14.3. The highest BCUT2D eigenvalue weighted by Crippen LogP contribution is 2.46. The zero-order valence-corrected chi connectivity index (χ0v) is 14.3. The van der Waals surface area contributed by atoms with Crippen molar-refractivity contribution in [2.75, 3.05) is 7.11 Å². The lowest BCUT2D eigenvalue weighted by Crippen LogP contribution is -2.66. The first-order chi connectivity index (χ1) is 11.6. The average molecular weight is 362 g/mol. The SMILES string of the molecule is COC(=O)C1=C(C)N(C2CCCCC2)C(=O)[C@]1(NC(C)=O)C(F)(F)F. The molecule has 25 heavy (non-hydrogen) atoms. The molecule has 0 aromatic carbocycles. The van der Waals surface area contributed by atoms with E-state index in [0.29, 0.717) is 12.8 Å². The van der Waals surface area contributed by atoms with Gasteiger partial charge in [0.15, 0.2) is 0 Å². The molecular formula is C16H21F3N2O4. The fraction of sp³-hybridized carbons (Fsp3) is 0.688. The predicted molar refractivity (Wildman–Crippen MR) is 81.0 cm³/mol. The largest absolute Gasteiger partial charge is 0.466 e. The summed E-state index contributed by atoms with van der Waals surface area (Å²) in [7, 11) is 0.936. The highest BCUT2D eigenvalue weighted by atomic mass is 19.4. The molecule has 1 heterocycles. The number of carbonyl (C=O) groups is 3. The summed E-state index contributed by atoms with van der Waals surface area (Å²) in [4.78, 5) is 37.5. The van der Waals surface area contributed by atoms with Gasteiger partial charge in [-0.3, -0.25) is 9.59 Å². The number of hydrogen-bond acceptors (Lipinski definition) is 4. The Kier molecular flexibility index (Phi) is 5.15. The van der Waals surface area contributed by atoms with Crippen molar-refractivity contribution in [3.8, 4) is 0 Å². The third kappa shape index (κ3) is 3.00. The molecule has 1 N–H and O–H groups in total. The summed E-state index contributed by atoms with van der Waals surface area (Å²) in [6.07, 6.45) is -1.58. The molecule has 0 spiro atoms. The molecular weight excluding hydrogens is 341 g/mol. The Bertz CT molecular complexity index is 623. The normalized spacial score (nSPS) is 25.4. The number of carbonyl (C=O) groups excluding carboxylic acids is 3.